The topological polar surface area (TPSA) is 61.8 Å². The van der Waals surface area contributed by atoms with Crippen molar-refractivity contribution >= 4 is 20.8 Å². The van der Waals surface area contributed by atoms with E-state index in [2.05, 4.69) is 0 Å². The first-order valence-corrected chi connectivity index (χ1v) is 8.58. The van der Waals surface area contributed by atoms with Crippen molar-refractivity contribution in [1.29, 1.82) is 0 Å². The highest BCUT2D eigenvalue weighted by molar-refractivity contribution is 6.65. The summed E-state index contributed by atoms with van der Waals surface area (Å²) < 4.78 is 15.6. The number of ether oxygens (including phenoxy) is 1. The van der Waals surface area contributed by atoms with Crippen LogP contribution in [0.4, 0.5) is 0 Å². The molecule has 0 saturated carbocycles. The Kier molecular flexibility index (Phi) is 8.05. The van der Waals surface area contributed by atoms with Gasteiger partial charge in [0.25, 0.3) is 0 Å². The Morgan fingerprint density at radius 3 is 2.22 bits per heavy atom. The molecule has 0 radical (unpaired) electrons. The molecule has 2 atom stereocenters. The minimum Gasteiger partial charge on any atom is -0.469 e. The van der Waals surface area contributed by atoms with Crippen LogP contribution >= 0.6 is 0 Å². The van der Waals surface area contributed by atoms with Gasteiger partial charge in [-0.05, 0) is 24.9 Å². The average Bonchev–Trinajstić information content (AvgIpc) is 2.38. The Morgan fingerprint density at radius 1 is 1.28 bits per heavy atom. The first kappa shape index (κ1) is 17.3. The summed E-state index contributed by atoms with van der Waals surface area (Å²) >= 11 is 0. The third-order valence-corrected chi connectivity index (χ3v) is 6.36. The minimum absolute atomic E-state index is 0.0260. The van der Waals surface area contributed by atoms with Crippen molar-refractivity contribution in [2.24, 2.45) is 11.8 Å². The molecule has 0 amide bonds. The van der Waals surface area contributed by atoms with E-state index in [-0.39, 0.29) is 17.8 Å². The fraction of sp³-hybridized carbons (Fsp3) is 0.833. The third kappa shape index (κ3) is 5.28. The highest BCUT2D eigenvalue weighted by atomic mass is 28.4. The van der Waals surface area contributed by atoms with Crippen LogP contribution in [0.5, 0.6) is 0 Å². The van der Waals surface area contributed by atoms with Crippen LogP contribution in [0.2, 0.25) is 12.6 Å². The van der Waals surface area contributed by atoms with Crippen LogP contribution in [0.3, 0.4) is 0 Å². The molecule has 0 heterocycles. The van der Waals surface area contributed by atoms with E-state index in [4.69, 9.17) is 13.6 Å². The molecule has 2 unspecified atom stereocenters. The van der Waals surface area contributed by atoms with Crippen LogP contribution in [0, 0.1) is 11.8 Å². The summed E-state index contributed by atoms with van der Waals surface area (Å²) in [5.74, 6) is -0.577. The lowest BCUT2D eigenvalue weighted by Crippen LogP contribution is -2.37. The van der Waals surface area contributed by atoms with Gasteiger partial charge in [0.05, 0.1) is 13.0 Å². The van der Waals surface area contributed by atoms with Gasteiger partial charge in [-0.2, -0.15) is 0 Å². The lowest BCUT2D eigenvalue weighted by molar-refractivity contribution is -0.147. The van der Waals surface area contributed by atoms with Crippen LogP contribution < -0.4 is 0 Å². The van der Waals surface area contributed by atoms with Gasteiger partial charge in [-0.3, -0.25) is 4.79 Å². The molecule has 18 heavy (non-hydrogen) atoms. The first-order valence-electron chi connectivity index (χ1n) is 6.05. The molecule has 0 aromatic rings. The Balaban J connectivity index is 4.60. The molecule has 0 bridgehead atoms. The maximum atomic E-state index is 11.7. The van der Waals surface area contributed by atoms with E-state index >= 15 is 0 Å². The van der Waals surface area contributed by atoms with Gasteiger partial charge in [-0.25, -0.2) is 0 Å². The van der Waals surface area contributed by atoms with Crippen molar-refractivity contribution in [3.05, 3.63) is 0 Å². The number of hydrogen-bond acceptors (Lipinski definition) is 5. The lowest BCUT2D eigenvalue weighted by atomic mass is 9.89. The summed E-state index contributed by atoms with van der Waals surface area (Å²) in [5, 5.41) is 0. The minimum atomic E-state index is -2.18. The summed E-state index contributed by atoms with van der Waals surface area (Å²) in [6, 6.07) is 0.697. The molecule has 0 N–H and O–H groups in total. The van der Waals surface area contributed by atoms with Crippen molar-refractivity contribution in [2.45, 2.75) is 32.4 Å². The van der Waals surface area contributed by atoms with Crippen LogP contribution in [-0.4, -0.2) is 42.1 Å². The Hall–Kier alpha value is -0.723. The van der Waals surface area contributed by atoms with Crippen LogP contribution in [0.15, 0.2) is 0 Å². The molecular weight excluding hydrogens is 252 g/mol. The standard InChI is InChI=1S/C12H24O5Si/c1-10(6-8-13)11(12(14)15-2)7-9-18(5,16-3)17-4/h8,10-11H,6-7,9H2,1-5H3. The number of methoxy groups -OCH3 is 1. The quantitative estimate of drug-likeness (QED) is 0.365. The smallest absolute Gasteiger partial charge is 0.334 e. The molecule has 0 aliphatic carbocycles. The summed E-state index contributed by atoms with van der Waals surface area (Å²) in [6.45, 7) is 3.83. The van der Waals surface area contributed by atoms with E-state index in [0.29, 0.717) is 18.9 Å². The number of aldehydes is 1. The molecular formula is C12H24O5Si. The van der Waals surface area contributed by atoms with Gasteiger partial charge >= 0.3 is 14.5 Å². The van der Waals surface area contributed by atoms with Gasteiger partial charge in [-0.1, -0.05) is 6.92 Å². The van der Waals surface area contributed by atoms with E-state index < -0.39 is 8.56 Å². The number of carbonyl (C=O) groups excluding carboxylic acids is 2. The fourth-order valence-corrected chi connectivity index (χ4v) is 3.22. The third-order valence-electron chi connectivity index (χ3n) is 3.43. The maximum absolute atomic E-state index is 11.7. The van der Waals surface area contributed by atoms with Crippen LogP contribution in [0.25, 0.3) is 0 Å². The van der Waals surface area contributed by atoms with Gasteiger partial charge in [0.1, 0.15) is 6.29 Å². The van der Waals surface area contributed by atoms with Crippen molar-refractivity contribution in [1.82, 2.24) is 0 Å². The SMILES string of the molecule is COC(=O)C(CC[Si](C)(OC)OC)C(C)CC=O. The maximum Gasteiger partial charge on any atom is 0.334 e. The highest BCUT2D eigenvalue weighted by Crippen LogP contribution is 2.26. The molecule has 106 valence electrons. The molecule has 0 saturated heterocycles. The zero-order chi connectivity index (χ0) is 14.2. The van der Waals surface area contributed by atoms with E-state index in [9.17, 15) is 9.59 Å². The van der Waals surface area contributed by atoms with Gasteiger partial charge in [-0.15, -0.1) is 0 Å². The van der Waals surface area contributed by atoms with Gasteiger partial charge in [0, 0.05) is 20.6 Å². The van der Waals surface area contributed by atoms with E-state index in [1.807, 2.05) is 13.5 Å². The predicted octanol–water partition coefficient (Wildman–Crippen LogP) is 1.76. The molecule has 0 aromatic heterocycles. The van der Waals surface area contributed by atoms with E-state index in [1.165, 1.54) is 7.11 Å². The predicted molar refractivity (Wildman–Crippen MR) is 70.4 cm³/mol. The zero-order valence-corrected chi connectivity index (χ0v) is 12.9. The van der Waals surface area contributed by atoms with E-state index in [0.717, 1.165) is 6.29 Å². The summed E-state index contributed by atoms with van der Waals surface area (Å²) in [7, 11) is 2.43. The Labute approximate surface area is 110 Å². The molecule has 0 aliphatic heterocycles. The van der Waals surface area contributed by atoms with E-state index in [1.54, 1.807) is 14.2 Å². The van der Waals surface area contributed by atoms with Crippen LogP contribution in [-0.2, 0) is 23.2 Å². The molecule has 0 fully saturated rings. The number of carbonyl (C=O) groups is 2. The van der Waals surface area contributed by atoms with Crippen LogP contribution in [0.1, 0.15) is 19.8 Å². The van der Waals surface area contributed by atoms with Crippen molar-refractivity contribution in [3.63, 3.8) is 0 Å². The number of hydrogen-bond donors (Lipinski definition) is 0. The molecule has 0 spiro atoms. The zero-order valence-electron chi connectivity index (χ0n) is 11.9. The molecule has 0 aromatic carbocycles. The number of rotatable bonds is 9. The largest absolute Gasteiger partial charge is 0.469 e. The fourth-order valence-electron chi connectivity index (χ4n) is 1.81. The summed E-state index contributed by atoms with van der Waals surface area (Å²) in [5.41, 5.74) is 0. The molecule has 0 aliphatic rings. The monoisotopic (exact) mass is 276 g/mol. The lowest BCUT2D eigenvalue weighted by Gasteiger charge is -2.26. The van der Waals surface area contributed by atoms with Crippen molar-refractivity contribution < 1.29 is 23.2 Å². The summed E-state index contributed by atoms with van der Waals surface area (Å²) in [4.78, 5) is 22.3. The Bertz CT molecular complexity index is 265. The van der Waals surface area contributed by atoms with Gasteiger partial charge in [0.2, 0.25) is 0 Å². The second kappa shape index (κ2) is 8.39. The normalized spacial score (nSPS) is 14.9. The van der Waals surface area contributed by atoms with Crippen molar-refractivity contribution in [3.8, 4) is 0 Å². The second-order valence-electron chi connectivity index (χ2n) is 4.59. The summed E-state index contributed by atoms with van der Waals surface area (Å²) in [6.07, 6.45) is 1.81. The highest BCUT2D eigenvalue weighted by Gasteiger charge is 2.33. The molecule has 0 rings (SSSR count). The number of esters is 1. The average molecular weight is 276 g/mol. The molecule has 6 heteroatoms. The van der Waals surface area contributed by atoms with Gasteiger partial charge < -0.3 is 18.4 Å². The van der Waals surface area contributed by atoms with Crippen molar-refractivity contribution in [2.75, 3.05) is 21.3 Å². The molecule has 5 nitrogen and oxygen atoms in total. The van der Waals surface area contributed by atoms with Gasteiger partial charge in [0.15, 0.2) is 0 Å². The first-order chi connectivity index (χ1) is 8.44. The second-order valence-corrected chi connectivity index (χ2v) is 8.17. The Morgan fingerprint density at radius 2 is 1.83 bits per heavy atom.